The van der Waals surface area contributed by atoms with Crippen molar-refractivity contribution in [2.75, 3.05) is 5.32 Å². The Morgan fingerprint density at radius 2 is 1.96 bits per heavy atom. The number of anilines is 1. The molecule has 1 amide bonds. The molecule has 1 unspecified atom stereocenters. The number of carbonyl (C=O) groups excluding carboxylic acids is 1. The number of rotatable bonds is 5. The molecule has 3 nitrogen and oxygen atoms in total. The zero-order valence-electron chi connectivity index (χ0n) is 13.8. The van der Waals surface area contributed by atoms with Crippen LogP contribution >= 0.6 is 11.3 Å². The lowest BCUT2D eigenvalue weighted by molar-refractivity contribution is -0.116. The minimum atomic E-state index is 0.0259. The van der Waals surface area contributed by atoms with Crippen molar-refractivity contribution in [3.05, 3.63) is 70.5 Å². The van der Waals surface area contributed by atoms with Gasteiger partial charge in [-0.3, -0.25) is 4.79 Å². The molecule has 0 aliphatic rings. The van der Waals surface area contributed by atoms with Crippen LogP contribution in [0.25, 0.3) is 11.3 Å². The van der Waals surface area contributed by atoms with Crippen molar-refractivity contribution < 1.29 is 4.79 Å². The molecule has 0 radical (unpaired) electrons. The third kappa shape index (κ3) is 4.09. The van der Waals surface area contributed by atoms with Gasteiger partial charge in [0.2, 0.25) is 5.91 Å². The van der Waals surface area contributed by atoms with Gasteiger partial charge < -0.3 is 5.32 Å². The van der Waals surface area contributed by atoms with Crippen LogP contribution in [0.4, 0.5) is 5.69 Å². The number of aryl methyl sites for hydroxylation is 1. The topological polar surface area (TPSA) is 42.0 Å². The molecule has 0 aliphatic carbocycles. The Bertz CT molecular complexity index is 826. The third-order valence-electron chi connectivity index (χ3n) is 3.92. The van der Waals surface area contributed by atoms with Gasteiger partial charge >= 0.3 is 0 Å². The first-order valence-electron chi connectivity index (χ1n) is 7.99. The minimum absolute atomic E-state index is 0.0259. The van der Waals surface area contributed by atoms with Crippen molar-refractivity contribution in [1.82, 2.24) is 4.98 Å². The Labute approximate surface area is 146 Å². The molecule has 3 rings (SSSR count). The molecule has 0 bridgehead atoms. The zero-order valence-corrected chi connectivity index (χ0v) is 14.6. The second kappa shape index (κ2) is 7.41. The number of benzene rings is 2. The summed E-state index contributed by atoms with van der Waals surface area (Å²) >= 11 is 1.63. The van der Waals surface area contributed by atoms with Crippen LogP contribution in [0.15, 0.2) is 60.0 Å². The largest absolute Gasteiger partial charge is 0.326 e. The van der Waals surface area contributed by atoms with Crippen molar-refractivity contribution in [3.8, 4) is 11.3 Å². The number of thiazole rings is 1. The van der Waals surface area contributed by atoms with Crippen LogP contribution in [-0.4, -0.2) is 10.9 Å². The average Bonchev–Trinajstić information content (AvgIpc) is 3.02. The second-order valence-electron chi connectivity index (χ2n) is 5.90. The summed E-state index contributed by atoms with van der Waals surface area (Å²) < 4.78 is 0. The highest BCUT2D eigenvalue weighted by Crippen LogP contribution is 2.25. The Kier molecular flexibility index (Phi) is 5.06. The van der Waals surface area contributed by atoms with Gasteiger partial charge in [-0.15, -0.1) is 11.3 Å². The first-order chi connectivity index (χ1) is 11.6. The summed E-state index contributed by atoms with van der Waals surface area (Å²) in [5.41, 5.74) is 3.96. The van der Waals surface area contributed by atoms with Crippen LogP contribution in [0.5, 0.6) is 0 Å². The van der Waals surface area contributed by atoms with E-state index >= 15 is 0 Å². The summed E-state index contributed by atoms with van der Waals surface area (Å²) in [5, 5.41) is 6.07. The number of hydrogen-bond donors (Lipinski definition) is 1. The van der Waals surface area contributed by atoms with Crippen molar-refractivity contribution >= 4 is 22.9 Å². The van der Waals surface area contributed by atoms with Gasteiger partial charge in [0.1, 0.15) is 0 Å². The zero-order chi connectivity index (χ0) is 16.9. The third-order valence-corrected chi connectivity index (χ3v) is 4.69. The van der Waals surface area contributed by atoms with Crippen LogP contribution < -0.4 is 5.32 Å². The van der Waals surface area contributed by atoms with E-state index in [9.17, 15) is 4.79 Å². The average molecular weight is 336 g/mol. The van der Waals surface area contributed by atoms with E-state index in [4.69, 9.17) is 0 Å². The Morgan fingerprint density at radius 3 is 2.67 bits per heavy atom. The van der Waals surface area contributed by atoms with Gasteiger partial charge in [-0.1, -0.05) is 49.4 Å². The summed E-state index contributed by atoms with van der Waals surface area (Å²) in [7, 11) is 0. The second-order valence-corrected chi connectivity index (χ2v) is 6.96. The van der Waals surface area contributed by atoms with E-state index in [1.807, 2.05) is 54.8 Å². The van der Waals surface area contributed by atoms with Gasteiger partial charge in [-0.05, 0) is 30.5 Å². The molecule has 122 valence electrons. The Balaban J connectivity index is 1.66. The van der Waals surface area contributed by atoms with Crippen molar-refractivity contribution in [2.45, 2.75) is 26.2 Å². The van der Waals surface area contributed by atoms with Gasteiger partial charge in [0.05, 0.1) is 10.7 Å². The Morgan fingerprint density at radius 1 is 1.17 bits per heavy atom. The quantitative estimate of drug-likeness (QED) is 0.691. The van der Waals surface area contributed by atoms with E-state index in [-0.39, 0.29) is 11.8 Å². The minimum Gasteiger partial charge on any atom is -0.326 e. The molecule has 0 fully saturated rings. The standard InChI is InChI=1S/C20H20N2OS/c1-14(16-7-4-3-5-8-16)11-20(23)22-18-10-6-9-17(12-18)19-13-24-15(2)21-19/h3-10,12-14H,11H2,1-2H3,(H,22,23). The SMILES string of the molecule is Cc1nc(-c2cccc(NC(=O)CC(C)c3ccccc3)c2)cs1. The fourth-order valence-electron chi connectivity index (χ4n) is 2.64. The molecular formula is C20H20N2OS. The van der Waals surface area contributed by atoms with E-state index in [1.54, 1.807) is 11.3 Å². The van der Waals surface area contributed by atoms with E-state index in [1.165, 1.54) is 5.56 Å². The summed E-state index contributed by atoms with van der Waals surface area (Å²) in [6, 6.07) is 17.9. The molecule has 0 spiro atoms. The molecule has 1 aromatic heterocycles. The van der Waals surface area contributed by atoms with E-state index in [0.717, 1.165) is 22.0 Å². The van der Waals surface area contributed by atoms with Gasteiger partial charge in [0.25, 0.3) is 0 Å². The summed E-state index contributed by atoms with van der Waals surface area (Å²) in [6.07, 6.45) is 0.462. The first-order valence-corrected chi connectivity index (χ1v) is 8.87. The number of nitrogens with one attached hydrogen (secondary N) is 1. The lowest BCUT2D eigenvalue weighted by Gasteiger charge is -2.12. The molecule has 3 aromatic rings. The smallest absolute Gasteiger partial charge is 0.224 e. The maximum absolute atomic E-state index is 12.3. The van der Waals surface area contributed by atoms with Crippen molar-refractivity contribution in [3.63, 3.8) is 0 Å². The van der Waals surface area contributed by atoms with Gasteiger partial charge in [0.15, 0.2) is 0 Å². The highest BCUT2D eigenvalue weighted by molar-refractivity contribution is 7.09. The summed E-state index contributed by atoms with van der Waals surface area (Å²) in [5.74, 6) is 0.216. The maximum atomic E-state index is 12.3. The van der Waals surface area contributed by atoms with Crippen LogP contribution in [0.3, 0.4) is 0 Å². The monoisotopic (exact) mass is 336 g/mol. The number of carbonyl (C=O) groups is 1. The number of aromatic nitrogens is 1. The molecule has 4 heteroatoms. The fraction of sp³-hybridized carbons (Fsp3) is 0.200. The van der Waals surface area contributed by atoms with Crippen LogP contribution in [-0.2, 0) is 4.79 Å². The predicted molar refractivity (Wildman–Crippen MR) is 100 cm³/mol. The lowest BCUT2D eigenvalue weighted by Crippen LogP contribution is -2.14. The first kappa shape index (κ1) is 16.4. The highest BCUT2D eigenvalue weighted by Gasteiger charge is 2.12. The van der Waals surface area contributed by atoms with Crippen molar-refractivity contribution in [2.24, 2.45) is 0 Å². The summed E-state index contributed by atoms with van der Waals surface area (Å²) in [4.78, 5) is 16.8. The van der Waals surface area contributed by atoms with Gasteiger partial charge in [-0.2, -0.15) is 0 Å². The van der Waals surface area contributed by atoms with Crippen LogP contribution in [0.1, 0.15) is 29.8 Å². The summed E-state index contributed by atoms with van der Waals surface area (Å²) in [6.45, 7) is 4.06. The molecule has 2 aromatic carbocycles. The fourth-order valence-corrected chi connectivity index (χ4v) is 3.26. The number of nitrogens with zero attached hydrogens (tertiary/aromatic N) is 1. The van der Waals surface area contributed by atoms with Crippen molar-refractivity contribution in [1.29, 1.82) is 0 Å². The lowest BCUT2D eigenvalue weighted by atomic mass is 9.97. The van der Waals surface area contributed by atoms with E-state index < -0.39 is 0 Å². The molecule has 0 saturated carbocycles. The van der Waals surface area contributed by atoms with Crippen LogP contribution in [0.2, 0.25) is 0 Å². The highest BCUT2D eigenvalue weighted by atomic mass is 32.1. The molecule has 0 saturated heterocycles. The van der Waals surface area contributed by atoms with E-state index in [0.29, 0.717) is 6.42 Å². The van der Waals surface area contributed by atoms with Crippen LogP contribution in [0, 0.1) is 6.92 Å². The molecular weight excluding hydrogens is 316 g/mol. The Hall–Kier alpha value is -2.46. The molecule has 1 N–H and O–H groups in total. The predicted octanol–water partition coefficient (Wildman–Crippen LogP) is 5.25. The van der Waals surface area contributed by atoms with Gasteiger partial charge in [-0.25, -0.2) is 4.98 Å². The normalized spacial score (nSPS) is 11.9. The maximum Gasteiger partial charge on any atom is 0.224 e. The molecule has 1 atom stereocenters. The number of amides is 1. The number of hydrogen-bond acceptors (Lipinski definition) is 3. The van der Waals surface area contributed by atoms with Gasteiger partial charge in [0, 0.05) is 23.1 Å². The van der Waals surface area contributed by atoms with E-state index in [2.05, 4.69) is 29.4 Å². The molecule has 24 heavy (non-hydrogen) atoms. The molecule has 0 aliphatic heterocycles. The molecule has 1 heterocycles.